The van der Waals surface area contributed by atoms with Crippen molar-refractivity contribution in [1.82, 2.24) is 9.62 Å². The monoisotopic (exact) mass is 444 g/mol. The molecule has 0 atom stereocenters. The minimum Gasteiger partial charge on any atom is -0.493 e. The average molecular weight is 445 g/mol. The summed E-state index contributed by atoms with van der Waals surface area (Å²) in [7, 11) is -0.552. The van der Waals surface area contributed by atoms with Crippen molar-refractivity contribution in [3.8, 4) is 11.5 Å². The third-order valence-electron chi connectivity index (χ3n) is 4.54. The number of carbonyl (C=O) groups is 1. The summed E-state index contributed by atoms with van der Waals surface area (Å²) < 4.78 is 38.2. The molecule has 0 bridgehead atoms. The quantitative estimate of drug-likeness (QED) is 0.740. The topological polar surface area (TPSA) is 84.9 Å². The van der Waals surface area contributed by atoms with Gasteiger partial charge in [-0.05, 0) is 36.4 Å². The fourth-order valence-electron chi connectivity index (χ4n) is 3.12. The SMILES string of the molecule is COc1cc(C(=O)N2CCC(NS(=O)(=O)c3cccs3)CC2)cc(Cl)c1OC. The largest absolute Gasteiger partial charge is 0.493 e. The number of nitrogens with zero attached hydrogens (tertiary/aromatic N) is 1. The van der Waals surface area contributed by atoms with Crippen LogP contribution >= 0.6 is 22.9 Å². The highest BCUT2D eigenvalue weighted by Crippen LogP contribution is 2.36. The van der Waals surface area contributed by atoms with Crippen molar-refractivity contribution in [3.63, 3.8) is 0 Å². The van der Waals surface area contributed by atoms with E-state index in [-0.39, 0.29) is 11.9 Å². The molecule has 1 aliphatic rings. The number of ether oxygens (including phenoxy) is 2. The molecule has 0 unspecified atom stereocenters. The number of rotatable bonds is 6. The summed E-state index contributed by atoms with van der Waals surface area (Å²) in [4.78, 5) is 14.5. The standard InChI is InChI=1S/C18H21ClN2O5S2/c1-25-15-11-12(10-14(19)17(15)26-2)18(22)21-7-5-13(6-8-21)20-28(23,24)16-4-3-9-27-16/h3-4,9-11,13,20H,5-8H2,1-2H3. The molecule has 7 nitrogen and oxygen atoms in total. The van der Waals surface area contributed by atoms with E-state index in [0.29, 0.717) is 52.2 Å². The zero-order chi connectivity index (χ0) is 20.3. The highest BCUT2D eigenvalue weighted by molar-refractivity contribution is 7.91. The summed E-state index contributed by atoms with van der Waals surface area (Å²) in [5, 5.41) is 2.02. The highest BCUT2D eigenvalue weighted by Gasteiger charge is 2.28. The second-order valence-electron chi connectivity index (χ2n) is 6.31. The Morgan fingerprint density at radius 1 is 1.25 bits per heavy atom. The molecule has 1 N–H and O–H groups in total. The summed E-state index contributed by atoms with van der Waals surface area (Å²) in [5.74, 6) is 0.585. The van der Waals surface area contributed by atoms with Crippen molar-refractivity contribution < 1.29 is 22.7 Å². The lowest BCUT2D eigenvalue weighted by Crippen LogP contribution is -2.46. The Balaban J connectivity index is 1.65. The summed E-state index contributed by atoms with van der Waals surface area (Å²) in [6.07, 6.45) is 1.08. The van der Waals surface area contributed by atoms with Crippen LogP contribution in [0.4, 0.5) is 0 Å². The molecule has 1 fully saturated rings. The summed E-state index contributed by atoms with van der Waals surface area (Å²) in [5.41, 5.74) is 0.403. The predicted molar refractivity (Wildman–Crippen MR) is 108 cm³/mol. The molecule has 0 spiro atoms. The van der Waals surface area contributed by atoms with Crippen LogP contribution < -0.4 is 14.2 Å². The minimum absolute atomic E-state index is 0.178. The summed E-state index contributed by atoms with van der Waals surface area (Å²) in [6, 6.07) is 6.22. The molecule has 1 amide bonds. The molecule has 1 aromatic heterocycles. The van der Waals surface area contributed by atoms with Crippen LogP contribution in [0.1, 0.15) is 23.2 Å². The van der Waals surface area contributed by atoms with Crippen LogP contribution in [0.25, 0.3) is 0 Å². The Hall–Kier alpha value is -1.81. The fraction of sp³-hybridized carbons (Fsp3) is 0.389. The fourth-order valence-corrected chi connectivity index (χ4v) is 5.72. The van der Waals surface area contributed by atoms with Gasteiger partial charge in [0.25, 0.3) is 5.91 Å². The van der Waals surface area contributed by atoms with E-state index in [2.05, 4.69) is 4.72 Å². The van der Waals surface area contributed by atoms with E-state index < -0.39 is 10.0 Å². The molecule has 3 rings (SSSR count). The Morgan fingerprint density at radius 3 is 2.54 bits per heavy atom. The van der Waals surface area contributed by atoms with Gasteiger partial charge >= 0.3 is 0 Å². The lowest BCUT2D eigenvalue weighted by molar-refractivity contribution is 0.0711. The lowest BCUT2D eigenvalue weighted by Gasteiger charge is -2.32. The van der Waals surface area contributed by atoms with Gasteiger partial charge < -0.3 is 14.4 Å². The Kier molecular flexibility index (Phi) is 6.49. The third kappa shape index (κ3) is 4.43. The van der Waals surface area contributed by atoms with Gasteiger partial charge in [0.15, 0.2) is 11.5 Å². The molecule has 1 aliphatic heterocycles. The number of hydrogen-bond acceptors (Lipinski definition) is 6. The van der Waals surface area contributed by atoms with E-state index in [1.165, 1.54) is 25.6 Å². The van der Waals surface area contributed by atoms with Gasteiger partial charge in [-0.15, -0.1) is 11.3 Å². The minimum atomic E-state index is -3.51. The van der Waals surface area contributed by atoms with Gasteiger partial charge in [0.1, 0.15) is 4.21 Å². The van der Waals surface area contributed by atoms with Crippen LogP contribution in [0.3, 0.4) is 0 Å². The number of sulfonamides is 1. The van der Waals surface area contributed by atoms with Crippen molar-refractivity contribution >= 4 is 38.9 Å². The van der Waals surface area contributed by atoms with Gasteiger partial charge in [0.05, 0.1) is 19.2 Å². The Labute approximate surface area is 173 Å². The maximum Gasteiger partial charge on any atom is 0.254 e. The van der Waals surface area contributed by atoms with E-state index in [4.69, 9.17) is 21.1 Å². The number of benzene rings is 1. The Bertz CT molecular complexity index is 939. The zero-order valence-corrected chi connectivity index (χ0v) is 17.9. The maximum absolute atomic E-state index is 12.8. The first-order valence-electron chi connectivity index (χ1n) is 8.62. The average Bonchev–Trinajstić information content (AvgIpc) is 3.23. The molecule has 152 valence electrons. The molecule has 10 heteroatoms. The number of halogens is 1. The first-order chi connectivity index (χ1) is 13.4. The van der Waals surface area contributed by atoms with Gasteiger partial charge in [-0.1, -0.05) is 17.7 Å². The van der Waals surface area contributed by atoms with Gasteiger partial charge in [-0.2, -0.15) is 0 Å². The number of thiophene rings is 1. The van der Waals surface area contributed by atoms with Crippen molar-refractivity contribution in [2.75, 3.05) is 27.3 Å². The molecule has 2 aromatic rings. The molecule has 0 aliphatic carbocycles. The number of piperidine rings is 1. The van der Waals surface area contributed by atoms with Gasteiger partial charge in [-0.3, -0.25) is 4.79 Å². The molecule has 0 radical (unpaired) electrons. The Morgan fingerprint density at radius 2 is 1.96 bits per heavy atom. The van der Waals surface area contributed by atoms with Crippen LogP contribution in [0.2, 0.25) is 5.02 Å². The maximum atomic E-state index is 12.8. The zero-order valence-electron chi connectivity index (χ0n) is 15.5. The molecule has 0 saturated carbocycles. The first kappa shape index (κ1) is 20.9. The van der Waals surface area contributed by atoms with Crippen LogP contribution in [0.5, 0.6) is 11.5 Å². The van der Waals surface area contributed by atoms with Crippen molar-refractivity contribution in [1.29, 1.82) is 0 Å². The number of amides is 1. The summed E-state index contributed by atoms with van der Waals surface area (Å²) >= 11 is 7.37. The second kappa shape index (κ2) is 8.69. The normalized spacial score (nSPS) is 15.5. The number of hydrogen-bond donors (Lipinski definition) is 1. The van der Waals surface area contributed by atoms with Crippen LogP contribution in [-0.2, 0) is 10.0 Å². The van der Waals surface area contributed by atoms with Crippen LogP contribution in [0, 0.1) is 0 Å². The van der Waals surface area contributed by atoms with E-state index in [1.807, 2.05) is 0 Å². The molecule has 28 heavy (non-hydrogen) atoms. The van der Waals surface area contributed by atoms with E-state index in [1.54, 1.807) is 34.5 Å². The highest BCUT2D eigenvalue weighted by atomic mass is 35.5. The lowest BCUT2D eigenvalue weighted by atomic mass is 10.0. The van der Waals surface area contributed by atoms with Crippen molar-refractivity contribution in [2.24, 2.45) is 0 Å². The van der Waals surface area contributed by atoms with Gasteiger partial charge in [0, 0.05) is 24.7 Å². The van der Waals surface area contributed by atoms with E-state index in [9.17, 15) is 13.2 Å². The predicted octanol–water partition coefficient (Wildman–Crippen LogP) is 3.00. The third-order valence-corrected chi connectivity index (χ3v) is 7.74. The number of carbonyl (C=O) groups excluding carboxylic acids is 1. The van der Waals surface area contributed by atoms with Crippen LogP contribution in [0.15, 0.2) is 33.9 Å². The van der Waals surface area contributed by atoms with Gasteiger partial charge in [-0.25, -0.2) is 13.1 Å². The summed E-state index contributed by atoms with van der Waals surface area (Å²) in [6.45, 7) is 0.894. The van der Waals surface area contributed by atoms with Crippen molar-refractivity contribution in [2.45, 2.75) is 23.1 Å². The molecule has 1 saturated heterocycles. The molecular formula is C18H21ClN2O5S2. The van der Waals surface area contributed by atoms with Crippen molar-refractivity contribution in [3.05, 3.63) is 40.2 Å². The first-order valence-corrected chi connectivity index (χ1v) is 11.4. The number of nitrogens with one attached hydrogen (secondary N) is 1. The second-order valence-corrected chi connectivity index (χ2v) is 9.61. The van der Waals surface area contributed by atoms with Crippen LogP contribution in [-0.4, -0.2) is 52.6 Å². The van der Waals surface area contributed by atoms with Gasteiger partial charge in [0.2, 0.25) is 10.0 Å². The molecule has 1 aromatic carbocycles. The molecular weight excluding hydrogens is 424 g/mol. The molecule has 2 heterocycles. The number of methoxy groups -OCH3 is 2. The number of likely N-dealkylation sites (tertiary alicyclic amines) is 1. The van der Waals surface area contributed by atoms with E-state index >= 15 is 0 Å². The smallest absolute Gasteiger partial charge is 0.254 e. The van der Waals surface area contributed by atoms with E-state index in [0.717, 1.165) is 0 Å².